The van der Waals surface area contributed by atoms with Crippen LogP contribution in [0, 0.1) is 5.82 Å². The van der Waals surface area contributed by atoms with Gasteiger partial charge in [-0.1, -0.05) is 42.5 Å². The molecule has 0 saturated carbocycles. The van der Waals surface area contributed by atoms with E-state index in [0.717, 1.165) is 22.2 Å². The molecule has 1 atom stereocenters. The molecule has 0 radical (unpaired) electrons. The van der Waals surface area contributed by atoms with Crippen molar-refractivity contribution in [2.45, 2.75) is 19.6 Å². The third kappa shape index (κ3) is 5.82. The molecule has 1 unspecified atom stereocenters. The van der Waals surface area contributed by atoms with Crippen LogP contribution >= 0.6 is 0 Å². The fourth-order valence-corrected chi connectivity index (χ4v) is 4.21. The van der Waals surface area contributed by atoms with Gasteiger partial charge in [0.2, 0.25) is 15.9 Å². The summed E-state index contributed by atoms with van der Waals surface area (Å²) in [6.45, 7) is 1.82. The molecular formula is C23H23FN2O4S. The average molecular weight is 443 g/mol. The lowest BCUT2D eigenvalue weighted by atomic mass is 10.2. The number of para-hydroxylation sites is 1. The van der Waals surface area contributed by atoms with E-state index in [2.05, 4.69) is 5.32 Å². The van der Waals surface area contributed by atoms with Gasteiger partial charge in [-0.3, -0.25) is 9.10 Å². The summed E-state index contributed by atoms with van der Waals surface area (Å²) in [6, 6.07) is 20.7. The topological polar surface area (TPSA) is 75.7 Å². The summed E-state index contributed by atoms with van der Waals surface area (Å²) in [7, 11) is -3.90. The number of sulfonamides is 1. The SMILES string of the molecule is CC(C(=O)Nc1ccc(OCc2ccccc2)cc1)N(c1ccccc1F)S(C)(=O)=O. The highest BCUT2D eigenvalue weighted by Gasteiger charge is 2.30. The molecule has 8 heteroatoms. The molecule has 0 heterocycles. The van der Waals surface area contributed by atoms with Crippen LogP contribution in [0.1, 0.15) is 12.5 Å². The van der Waals surface area contributed by atoms with E-state index in [4.69, 9.17) is 4.74 Å². The van der Waals surface area contributed by atoms with Crippen LogP contribution in [0.15, 0.2) is 78.9 Å². The zero-order valence-electron chi connectivity index (χ0n) is 17.2. The maximum atomic E-state index is 14.2. The molecule has 1 N–H and O–H groups in total. The Bertz CT molecular complexity index is 1140. The lowest BCUT2D eigenvalue weighted by Gasteiger charge is -2.28. The van der Waals surface area contributed by atoms with Crippen LogP contribution in [0.4, 0.5) is 15.8 Å². The van der Waals surface area contributed by atoms with Crippen LogP contribution in [0.25, 0.3) is 0 Å². The Labute approximate surface area is 181 Å². The number of carbonyl (C=O) groups is 1. The van der Waals surface area contributed by atoms with Crippen molar-refractivity contribution >= 4 is 27.3 Å². The van der Waals surface area contributed by atoms with Gasteiger partial charge >= 0.3 is 0 Å². The predicted molar refractivity (Wildman–Crippen MR) is 119 cm³/mol. The summed E-state index contributed by atoms with van der Waals surface area (Å²) < 4.78 is 45.3. The third-order valence-corrected chi connectivity index (χ3v) is 5.78. The third-order valence-electron chi connectivity index (χ3n) is 4.55. The Balaban J connectivity index is 1.68. The van der Waals surface area contributed by atoms with Crippen LogP contribution in [0.2, 0.25) is 0 Å². The van der Waals surface area contributed by atoms with Gasteiger partial charge in [0, 0.05) is 5.69 Å². The molecular weight excluding hydrogens is 419 g/mol. The second kappa shape index (κ2) is 9.61. The lowest BCUT2D eigenvalue weighted by Crippen LogP contribution is -2.45. The Morgan fingerprint density at radius 3 is 2.23 bits per heavy atom. The van der Waals surface area contributed by atoms with Crippen molar-refractivity contribution in [3.8, 4) is 5.75 Å². The second-order valence-corrected chi connectivity index (χ2v) is 8.83. The van der Waals surface area contributed by atoms with Gasteiger partial charge in [-0.15, -0.1) is 0 Å². The number of nitrogens with zero attached hydrogens (tertiary/aromatic N) is 1. The number of benzene rings is 3. The molecule has 6 nitrogen and oxygen atoms in total. The molecule has 31 heavy (non-hydrogen) atoms. The summed E-state index contributed by atoms with van der Waals surface area (Å²) in [5, 5.41) is 2.66. The highest BCUT2D eigenvalue weighted by Crippen LogP contribution is 2.25. The minimum absolute atomic E-state index is 0.183. The molecule has 0 fully saturated rings. The van der Waals surface area contributed by atoms with Gasteiger partial charge in [0.1, 0.15) is 24.2 Å². The highest BCUT2D eigenvalue weighted by atomic mass is 32.2. The molecule has 0 aromatic heterocycles. The van der Waals surface area contributed by atoms with Gasteiger partial charge in [0.05, 0.1) is 11.9 Å². The quantitative estimate of drug-likeness (QED) is 0.567. The van der Waals surface area contributed by atoms with E-state index in [1.807, 2.05) is 30.3 Å². The number of amides is 1. The zero-order valence-corrected chi connectivity index (χ0v) is 18.0. The second-order valence-electron chi connectivity index (χ2n) is 6.97. The molecule has 1 amide bonds. The average Bonchev–Trinajstić information content (AvgIpc) is 2.74. The number of hydrogen-bond acceptors (Lipinski definition) is 4. The van der Waals surface area contributed by atoms with Crippen LogP contribution in [-0.2, 0) is 21.4 Å². The maximum Gasteiger partial charge on any atom is 0.247 e. The Hall–Kier alpha value is -3.39. The van der Waals surface area contributed by atoms with Gasteiger partial charge in [-0.2, -0.15) is 0 Å². The normalized spacial score (nSPS) is 12.1. The number of nitrogens with one attached hydrogen (secondary N) is 1. The van der Waals surface area contributed by atoms with Crippen molar-refractivity contribution in [1.82, 2.24) is 0 Å². The van der Waals surface area contributed by atoms with Crippen LogP contribution in [-0.4, -0.2) is 26.6 Å². The fraction of sp³-hybridized carbons (Fsp3) is 0.174. The molecule has 3 aromatic carbocycles. The van der Waals surface area contributed by atoms with Gasteiger partial charge < -0.3 is 10.1 Å². The predicted octanol–water partition coefficient (Wildman–Crippen LogP) is 4.20. The van der Waals surface area contributed by atoms with Crippen LogP contribution in [0.5, 0.6) is 5.75 Å². The summed E-state index contributed by atoms with van der Waals surface area (Å²) in [5.74, 6) is -0.696. The first kappa shape index (κ1) is 22.3. The Morgan fingerprint density at radius 1 is 1.00 bits per heavy atom. The molecule has 0 aliphatic rings. The molecule has 0 aliphatic carbocycles. The first-order chi connectivity index (χ1) is 14.8. The van der Waals surface area contributed by atoms with E-state index in [0.29, 0.717) is 18.0 Å². The minimum Gasteiger partial charge on any atom is -0.489 e. The Kier molecular flexibility index (Phi) is 6.91. The van der Waals surface area contributed by atoms with Crippen molar-refractivity contribution in [3.63, 3.8) is 0 Å². The van der Waals surface area contributed by atoms with E-state index >= 15 is 0 Å². The molecule has 0 aliphatic heterocycles. The van der Waals surface area contributed by atoms with Crippen LogP contribution in [0.3, 0.4) is 0 Å². The minimum atomic E-state index is -3.90. The fourth-order valence-electron chi connectivity index (χ4n) is 3.03. The van der Waals surface area contributed by atoms with Gasteiger partial charge in [0.15, 0.2) is 0 Å². The molecule has 3 rings (SSSR count). The number of rotatable bonds is 8. The lowest BCUT2D eigenvalue weighted by molar-refractivity contribution is -0.116. The van der Waals surface area contributed by atoms with Gasteiger partial charge in [-0.25, -0.2) is 12.8 Å². The summed E-state index contributed by atoms with van der Waals surface area (Å²) >= 11 is 0. The summed E-state index contributed by atoms with van der Waals surface area (Å²) in [5.41, 5.74) is 1.31. The summed E-state index contributed by atoms with van der Waals surface area (Å²) in [6.07, 6.45) is 0.933. The number of halogens is 1. The molecule has 3 aromatic rings. The van der Waals surface area contributed by atoms with Crippen molar-refractivity contribution in [3.05, 3.63) is 90.2 Å². The highest BCUT2D eigenvalue weighted by molar-refractivity contribution is 7.92. The van der Waals surface area contributed by atoms with Crippen molar-refractivity contribution in [2.24, 2.45) is 0 Å². The number of hydrogen-bond donors (Lipinski definition) is 1. The van der Waals surface area contributed by atoms with Crippen molar-refractivity contribution in [2.75, 3.05) is 15.9 Å². The van der Waals surface area contributed by atoms with Gasteiger partial charge in [0.25, 0.3) is 0 Å². The van der Waals surface area contributed by atoms with E-state index in [1.54, 1.807) is 24.3 Å². The first-order valence-corrected chi connectivity index (χ1v) is 11.4. The van der Waals surface area contributed by atoms with Crippen molar-refractivity contribution < 1.29 is 22.3 Å². The Morgan fingerprint density at radius 2 is 1.61 bits per heavy atom. The number of ether oxygens (including phenoxy) is 1. The monoisotopic (exact) mass is 442 g/mol. The van der Waals surface area contributed by atoms with E-state index < -0.39 is 27.8 Å². The molecule has 0 saturated heterocycles. The van der Waals surface area contributed by atoms with Crippen molar-refractivity contribution in [1.29, 1.82) is 0 Å². The number of carbonyl (C=O) groups excluding carboxylic acids is 1. The van der Waals surface area contributed by atoms with E-state index in [1.165, 1.54) is 25.1 Å². The smallest absolute Gasteiger partial charge is 0.247 e. The standard InChI is InChI=1S/C23H23FN2O4S/c1-17(26(31(2,28)29)22-11-7-6-10-21(22)24)23(27)25-19-12-14-20(15-13-19)30-16-18-8-4-3-5-9-18/h3-15,17H,16H2,1-2H3,(H,25,27). The van der Waals surface area contributed by atoms with E-state index in [-0.39, 0.29) is 5.69 Å². The van der Waals surface area contributed by atoms with Crippen LogP contribution < -0.4 is 14.4 Å². The number of anilines is 2. The molecule has 0 spiro atoms. The maximum absolute atomic E-state index is 14.2. The summed E-state index contributed by atoms with van der Waals surface area (Å²) in [4.78, 5) is 12.7. The largest absolute Gasteiger partial charge is 0.489 e. The van der Waals surface area contributed by atoms with Gasteiger partial charge in [-0.05, 0) is 48.9 Å². The first-order valence-electron chi connectivity index (χ1n) is 9.57. The zero-order chi connectivity index (χ0) is 22.4. The van der Waals surface area contributed by atoms with E-state index in [9.17, 15) is 17.6 Å². The molecule has 162 valence electrons. The molecule has 0 bridgehead atoms.